The number of hydrazone groups is 1. The molecule has 34 heavy (non-hydrogen) atoms. The molecule has 1 aliphatic heterocycles. The summed E-state index contributed by atoms with van der Waals surface area (Å²) in [5.41, 5.74) is 4.05. The van der Waals surface area contributed by atoms with Gasteiger partial charge in [-0.2, -0.15) is 5.10 Å². The normalized spacial score (nSPS) is 16.9. The number of amides is 1. The molecule has 2 heterocycles. The Morgan fingerprint density at radius 1 is 1.12 bits per heavy atom. The third-order valence-electron chi connectivity index (χ3n) is 7.00. The molecule has 1 fully saturated rings. The van der Waals surface area contributed by atoms with E-state index in [-0.39, 0.29) is 17.9 Å². The number of carbonyl (C=O) groups is 2. The van der Waals surface area contributed by atoms with E-state index in [9.17, 15) is 9.59 Å². The van der Waals surface area contributed by atoms with Crippen molar-refractivity contribution in [3.8, 4) is 5.75 Å². The lowest BCUT2D eigenvalue weighted by atomic mass is 9.95. The Bertz CT molecular complexity index is 1290. The first kappa shape index (κ1) is 22.7. The van der Waals surface area contributed by atoms with Crippen LogP contribution in [0.1, 0.15) is 60.1 Å². The lowest BCUT2D eigenvalue weighted by Gasteiger charge is -2.27. The fourth-order valence-corrected chi connectivity index (χ4v) is 5.33. The molecule has 1 aliphatic carbocycles. The van der Waals surface area contributed by atoms with Crippen LogP contribution in [0.25, 0.3) is 10.9 Å². The zero-order valence-electron chi connectivity index (χ0n) is 19.5. The first-order chi connectivity index (χ1) is 16.5. The van der Waals surface area contributed by atoms with E-state index < -0.39 is 0 Å². The number of rotatable bonds is 5. The Hall–Kier alpha value is -3.12. The number of ether oxygens (including phenoxy) is 1. The van der Waals surface area contributed by atoms with Gasteiger partial charge in [0, 0.05) is 28.1 Å². The van der Waals surface area contributed by atoms with Crippen LogP contribution in [0, 0.1) is 6.92 Å². The van der Waals surface area contributed by atoms with Gasteiger partial charge in [0.1, 0.15) is 5.75 Å². The van der Waals surface area contributed by atoms with Gasteiger partial charge in [-0.05, 0) is 67.8 Å². The molecule has 0 saturated heterocycles. The van der Waals surface area contributed by atoms with E-state index in [1.54, 1.807) is 41.0 Å². The monoisotopic (exact) mass is 477 g/mol. The van der Waals surface area contributed by atoms with Crippen molar-refractivity contribution in [2.45, 2.75) is 57.9 Å². The molecule has 0 atom stereocenters. The lowest BCUT2D eigenvalue weighted by Crippen LogP contribution is -2.34. The molecule has 0 unspecified atom stereocenters. The van der Waals surface area contributed by atoms with Crippen molar-refractivity contribution in [3.05, 3.63) is 64.3 Å². The van der Waals surface area contributed by atoms with Crippen LogP contribution in [0.3, 0.4) is 0 Å². The molecule has 3 aromatic rings. The number of hydrogen-bond acceptors (Lipinski definition) is 4. The zero-order chi connectivity index (χ0) is 23.8. The fraction of sp³-hybridized carbons (Fsp3) is 0.370. The van der Waals surface area contributed by atoms with E-state index in [1.807, 2.05) is 25.1 Å². The van der Waals surface area contributed by atoms with E-state index in [2.05, 4.69) is 0 Å². The number of aromatic nitrogens is 1. The number of fused-ring (bicyclic) bond motifs is 1. The second-order valence-corrected chi connectivity index (χ2v) is 9.58. The molecule has 0 bridgehead atoms. The minimum atomic E-state index is -0.121. The summed E-state index contributed by atoms with van der Waals surface area (Å²) in [6.45, 7) is 1.95. The summed E-state index contributed by atoms with van der Waals surface area (Å²) >= 11 is 6.02. The Kier molecular flexibility index (Phi) is 6.17. The van der Waals surface area contributed by atoms with Gasteiger partial charge in [0.05, 0.1) is 30.8 Å². The van der Waals surface area contributed by atoms with Gasteiger partial charge < -0.3 is 4.74 Å². The summed E-state index contributed by atoms with van der Waals surface area (Å²) in [7, 11) is 1.63. The van der Waals surface area contributed by atoms with Gasteiger partial charge in [-0.3, -0.25) is 14.2 Å². The number of methoxy groups -OCH3 is 1. The Morgan fingerprint density at radius 2 is 1.85 bits per heavy atom. The average molecular weight is 478 g/mol. The maximum Gasteiger partial charge on any atom is 0.262 e. The molecule has 1 aromatic heterocycles. The number of nitrogens with zero attached hydrogens (tertiary/aromatic N) is 3. The van der Waals surface area contributed by atoms with Crippen molar-refractivity contribution in [3.63, 3.8) is 0 Å². The summed E-state index contributed by atoms with van der Waals surface area (Å²) in [4.78, 5) is 26.3. The molecule has 176 valence electrons. The highest BCUT2D eigenvalue weighted by Crippen LogP contribution is 2.33. The molecule has 1 saturated carbocycles. The van der Waals surface area contributed by atoms with E-state index in [1.165, 1.54) is 6.42 Å². The van der Waals surface area contributed by atoms with Crippen LogP contribution in [0.2, 0.25) is 5.02 Å². The first-order valence-electron chi connectivity index (χ1n) is 11.8. The summed E-state index contributed by atoms with van der Waals surface area (Å²) in [6.07, 6.45) is 6.43. The van der Waals surface area contributed by atoms with Crippen molar-refractivity contribution in [1.82, 2.24) is 9.58 Å². The summed E-state index contributed by atoms with van der Waals surface area (Å²) in [5.74, 6) is 0.681. The minimum absolute atomic E-state index is 0.0816. The third-order valence-corrected chi connectivity index (χ3v) is 7.25. The van der Waals surface area contributed by atoms with Gasteiger partial charge in [0.15, 0.2) is 0 Å². The van der Waals surface area contributed by atoms with Gasteiger partial charge in [0.25, 0.3) is 5.91 Å². The van der Waals surface area contributed by atoms with Crippen molar-refractivity contribution >= 4 is 40.0 Å². The second-order valence-electron chi connectivity index (χ2n) is 9.14. The SMILES string of the molecule is COc1ccc2c(c1)c(CC1=NN(C3CCCCC3)C(=O)C1)c(C)n2C(=O)c1ccc(Cl)cc1. The van der Waals surface area contributed by atoms with E-state index in [0.29, 0.717) is 23.4 Å². The molecule has 0 N–H and O–H groups in total. The fourth-order valence-electron chi connectivity index (χ4n) is 5.21. The molecule has 0 spiro atoms. The van der Waals surface area contributed by atoms with Gasteiger partial charge in [-0.25, -0.2) is 5.01 Å². The average Bonchev–Trinajstić information content (AvgIpc) is 3.36. The van der Waals surface area contributed by atoms with Crippen molar-refractivity contribution in [2.24, 2.45) is 5.10 Å². The maximum absolute atomic E-state index is 13.5. The smallest absolute Gasteiger partial charge is 0.262 e. The van der Waals surface area contributed by atoms with Gasteiger partial charge in [-0.1, -0.05) is 30.9 Å². The van der Waals surface area contributed by atoms with Crippen LogP contribution in [0.5, 0.6) is 5.75 Å². The highest BCUT2D eigenvalue weighted by atomic mass is 35.5. The Labute approximate surface area is 204 Å². The number of carbonyl (C=O) groups excluding carboxylic acids is 2. The third kappa shape index (κ3) is 4.11. The van der Waals surface area contributed by atoms with Crippen LogP contribution in [0.4, 0.5) is 0 Å². The van der Waals surface area contributed by atoms with Crippen LogP contribution < -0.4 is 4.74 Å². The highest BCUT2D eigenvalue weighted by molar-refractivity contribution is 6.30. The van der Waals surface area contributed by atoms with Crippen LogP contribution in [-0.4, -0.2) is 40.3 Å². The topological polar surface area (TPSA) is 63.9 Å². The van der Waals surface area contributed by atoms with E-state index in [0.717, 1.165) is 59.3 Å². The summed E-state index contributed by atoms with van der Waals surface area (Å²) < 4.78 is 7.21. The van der Waals surface area contributed by atoms with Crippen LogP contribution >= 0.6 is 11.6 Å². The van der Waals surface area contributed by atoms with Gasteiger partial charge in [-0.15, -0.1) is 0 Å². The Morgan fingerprint density at radius 3 is 2.56 bits per heavy atom. The molecular formula is C27H28ClN3O3. The lowest BCUT2D eigenvalue weighted by molar-refractivity contribution is -0.131. The number of halogens is 1. The molecule has 0 radical (unpaired) electrons. The predicted molar refractivity (Wildman–Crippen MR) is 134 cm³/mol. The molecule has 2 aliphatic rings. The molecule has 6 nitrogen and oxygen atoms in total. The number of benzene rings is 2. The predicted octanol–water partition coefficient (Wildman–Crippen LogP) is 5.76. The summed E-state index contributed by atoms with van der Waals surface area (Å²) in [6, 6.07) is 12.9. The maximum atomic E-state index is 13.5. The largest absolute Gasteiger partial charge is 0.497 e. The quantitative estimate of drug-likeness (QED) is 0.469. The van der Waals surface area contributed by atoms with Gasteiger partial charge >= 0.3 is 0 Å². The molecule has 1 amide bonds. The number of hydrogen-bond donors (Lipinski definition) is 0. The zero-order valence-corrected chi connectivity index (χ0v) is 20.3. The Balaban J connectivity index is 1.54. The van der Waals surface area contributed by atoms with Crippen LogP contribution in [0.15, 0.2) is 47.6 Å². The molecule has 5 rings (SSSR count). The van der Waals surface area contributed by atoms with E-state index >= 15 is 0 Å². The molecular weight excluding hydrogens is 450 g/mol. The molecule has 7 heteroatoms. The van der Waals surface area contributed by atoms with Gasteiger partial charge in [0.2, 0.25) is 5.91 Å². The summed E-state index contributed by atoms with van der Waals surface area (Å²) in [5, 5.41) is 8.01. The van der Waals surface area contributed by atoms with Crippen molar-refractivity contribution in [2.75, 3.05) is 7.11 Å². The highest BCUT2D eigenvalue weighted by Gasteiger charge is 2.32. The van der Waals surface area contributed by atoms with Crippen molar-refractivity contribution < 1.29 is 14.3 Å². The minimum Gasteiger partial charge on any atom is -0.497 e. The van der Waals surface area contributed by atoms with Crippen LogP contribution in [-0.2, 0) is 11.2 Å². The first-order valence-corrected chi connectivity index (χ1v) is 12.2. The van der Waals surface area contributed by atoms with Crippen molar-refractivity contribution in [1.29, 1.82) is 0 Å². The van der Waals surface area contributed by atoms with E-state index in [4.69, 9.17) is 21.4 Å². The second kappa shape index (κ2) is 9.26. The molecule has 2 aromatic carbocycles. The standard InChI is InChI=1S/C27H28ClN3O3/c1-17-23(14-20-15-26(32)31(29-20)21-6-4-3-5-7-21)24-16-22(34-2)12-13-25(24)30(17)27(33)18-8-10-19(28)11-9-18/h8-13,16,21H,3-7,14-15H2,1-2H3.